The van der Waals surface area contributed by atoms with E-state index in [1.807, 2.05) is 6.92 Å². The van der Waals surface area contributed by atoms with Gasteiger partial charge in [0.05, 0.1) is 17.0 Å². The van der Waals surface area contributed by atoms with Crippen molar-refractivity contribution in [3.05, 3.63) is 51.7 Å². The van der Waals surface area contributed by atoms with E-state index in [9.17, 15) is 13.6 Å². The number of anilines is 1. The molecule has 2 heterocycles. The second-order valence-electron chi connectivity index (χ2n) is 5.53. The average Bonchev–Trinajstić information content (AvgIpc) is 3.01. The molecular weight excluding hydrogens is 348 g/mol. The first-order chi connectivity index (χ1) is 11.9. The van der Waals surface area contributed by atoms with Gasteiger partial charge in [-0.25, -0.2) is 9.38 Å². The molecular formula is C17H19F2N3O2S. The molecule has 2 aromatic rings. The Morgan fingerprint density at radius 3 is 2.64 bits per heavy atom. The molecule has 5 nitrogen and oxygen atoms in total. The number of halogens is 2. The van der Waals surface area contributed by atoms with E-state index in [-0.39, 0.29) is 17.0 Å². The molecule has 1 aliphatic heterocycles. The Kier molecular flexibility index (Phi) is 6.08. The fourth-order valence-electron chi connectivity index (χ4n) is 2.37. The lowest BCUT2D eigenvalue weighted by molar-refractivity contribution is 0.112. The van der Waals surface area contributed by atoms with Crippen molar-refractivity contribution in [2.45, 2.75) is 18.9 Å². The molecule has 0 fully saturated rings. The normalized spacial score (nSPS) is 19.1. The van der Waals surface area contributed by atoms with Crippen molar-refractivity contribution < 1.29 is 18.3 Å². The van der Waals surface area contributed by atoms with Gasteiger partial charge < -0.3 is 15.8 Å². The van der Waals surface area contributed by atoms with Gasteiger partial charge in [0.2, 0.25) is 0 Å². The predicted octanol–water partition coefficient (Wildman–Crippen LogP) is 3.52. The topological polar surface area (TPSA) is 76.7 Å². The first-order valence-corrected chi connectivity index (χ1v) is 8.36. The Morgan fingerprint density at radius 1 is 1.36 bits per heavy atom. The van der Waals surface area contributed by atoms with Crippen molar-refractivity contribution in [3.8, 4) is 0 Å². The summed E-state index contributed by atoms with van der Waals surface area (Å²) < 4.78 is 30.9. The van der Waals surface area contributed by atoms with E-state index >= 15 is 0 Å². The van der Waals surface area contributed by atoms with Gasteiger partial charge in [-0.2, -0.15) is 4.39 Å². The molecule has 8 heteroatoms. The average molecular weight is 367 g/mol. The van der Waals surface area contributed by atoms with Gasteiger partial charge in [-0.05, 0) is 37.3 Å². The minimum atomic E-state index is -0.653. The third kappa shape index (κ3) is 4.76. The molecule has 0 bridgehead atoms. The lowest BCUT2D eigenvalue weighted by Gasteiger charge is -2.30. The van der Waals surface area contributed by atoms with E-state index < -0.39 is 5.54 Å². The molecule has 0 amide bonds. The number of aldehydes is 1. The summed E-state index contributed by atoms with van der Waals surface area (Å²) >= 11 is 0.853. The number of thiophene rings is 1. The zero-order chi connectivity index (χ0) is 18.4. The number of rotatable bonds is 3. The Labute approximate surface area is 148 Å². The summed E-state index contributed by atoms with van der Waals surface area (Å²) in [6.07, 6.45) is 1.24. The van der Waals surface area contributed by atoms with Gasteiger partial charge in [0.25, 0.3) is 6.02 Å². The SMILES string of the molecule is CNc1ccc(F)c([C@]2(C)CCOC(N)=N2)c1.O=Cc1ccc(F)s1. The maximum Gasteiger partial charge on any atom is 0.282 e. The molecule has 3 rings (SSSR count). The molecule has 0 aliphatic carbocycles. The number of nitrogens with two attached hydrogens (primary N) is 1. The van der Waals surface area contributed by atoms with E-state index in [0.29, 0.717) is 29.8 Å². The molecule has 25 heavy (non-hydrogen) atoms. The molecule has 1 atom stereocenters. The van der Waals surface area contributed by atoms with Crippen molar-refractivity contribution in [3.63, 3.8) is 0 Å². The summed E-state index contributed by atoms with van der Waals surface area (Å²) in [6, 6.07) is 7.73. The highest BCUT2D eigenvalue weighted by molar-refractivity contribution is 7.12. The van der Waals surface area contributed by atoms with Crippen LogP contribution in [0.5, 0.6) is 0 Å². The molecule has 0 saturated carbocycles. The van der Waals surface area contributed by atoms with Crippen LogP contribution in [0.15, 0.2) is 35.3 Å². The van der Waals surface area contributed by atoms with Crippen LogP contribution in [0.4, 0.5) is 14.5 Å². The van der Waals surface area contributed by atoms with Crippen LogP contribution in [-0.4, -0.2) is 26.0 Å². The van der Waals surface area contributed by atoms with E-state index in [0.717, 1.165) is 17.0 Å². The van der Waals surface area contributed by atoms with Crippen molar-refractivity contribution >= 4 is 29.3 Å². The number of benzene rings is 1. The molecule has 1 aliphatic rings. The fraction of sp³-hybridized carbons (Fsp3) is 0.294. The van der Waals surface area contributed by atoms with Crippen LogP contribution >= 0.6 is 11.3 Å². The van der Waals surface area contributed by atoms with Crippen molar-refractivity contribution in [1.29, 1.82) is 0 Å². The van der Waals surface area contributed by atoms with Crippen LogP contribution in [-0.2, 0) is 10.3 Å². The lowest BCUT2D eigenvalue weighted by atomic mass is 9.88. The quantitative estimate of drug-likeness (QED) is 0.814. The van der Waals surface area contributed by atoms with Gasteiger partial charge in [-0.15, -0.1) is 11.3 Å². The summed E-state index contributed by atoms with van der Waals surface area (Å²) in [7, 11) is 1.79. The van der Waals surface area contributed by atoms with Gasteiger partial charge in [-0.3, -0.25) is 4.79 Å². The number of nitrogens with one attached hydrogen (secondary N) is 1. The summed E-state index contributed by atoms with van der Waals surface area (Å²) in [4.78, 5) is 14.5. The zero-order valence-corrected chi connectivity index (χ0v) is 14.7. The number of nitrogens with zero attached hydrogens (tertiary/aromatic N) is 1. The van der Waals surface area contributed by atoms with Crippen molar-refractivity contribution in [1.82, 2.24) is 0 Å². The highest BCUT2D eigenvalue weighted by Gasteiger charge is 2.32. The third-order valence-electron chi connectivity index (χ3n) is 3.74. The number of hydrogen-bond donors (Lipinski definition) is 2. The van der Waals surface area contributed by atoms with E-state index in [4.69, 9.17) is 10.5 Å². The third-order valence-corrected chi connectivity index (χ3v) is 4.54. The second kappa shape index (κ2) is 8.06. The number of ether oxygens (including phenoxy) is 1. The number of carbonyl (C=O) groups is 1. The monoisotopic (exact) mass is 367 g/mol. The summed E-state index contributed by atoms with van der Waals surface area (Å²) in [5, 5.41) is 2.67. The number of amidine groups is 1. The summed E-state index contributed by atoms with van der Waals surface area (Å²) in [5.41, 5.74) is 6.29. The van der Waals surface area contributed by atoms with E-state index in [1.165, 1.54) is 18.2 Å². The predicted molar refractivity (Wildman–Crippen MR) is 95.2 cm³/mol. The number of carbonyl (C=O) groups excluding carboxylic acids is 1. The highest BCUT2D eigenvalue weighted by atomic mass is 32.1. The number of aliphatic imine (C=N–C) groups is 1. The largest absolute Gasteiger partial charge is 0.465 e. The fourth-order valence-corrected chi connectivity index (χ4v) is 2.91. The smallest absolute Gasteiger partial charge is 0.282 e. The van der Waals surface area contributed by atoms with E-state index in [1.54, 1.807) is 19.2 Å². The van der Waals surface area contributed by atoms with Crippen LogP contribution in [0.2, 0.25) is 0 Å². The lowest BCUT2D eigenvalue weighted by Crippen LogP contribution is -2.34. The Hall–Kier alpha value is -2.48. The molecule has 0 unspecified atom stereocenters. The molecule has 1 aromatic carbocycles. The van der Waals surface area contributed by atoms with Gasteiger partial charge in [0.15, 0.2) is 11.4 Å². The Bertz CT molecular complexity index is 779. The number of hydrogen-bond acceptors (Lipinski definition) is 6. The van der Waals surface area contributed by atoms with Gasteiger partial charge >= 0.3 is 0 Å². The Balaban J connectivity index is 0.000000236. The van der Waals surface area contributed by atoms with Crippen LogP contribution in [0.25, 0.3) is 0 Å². The minimum Gasteiger partial charge on any atom is -0.465 e. The standard InChI is InChI=1S/C12H16FN3O.C5H3FOS/c1-12(5-6-17-11(14)16-12)9-7-8(15-2)3-4-10(9)13;6-5-2-1-4(3-7)8-5/h3-4,7,15H,5-6H2,1-2H3,(H2,14,16);1-3H/t12-;/m0./s1. The van der Waals surface area contributed by atoms with Crippen molar-refractivity contribution in [2.24, 2.45) is 10.7 Å². The summed E-state index contributed by atoms with van der Waals surface area (Å²) in [5.74, 6) is -0.273. The molecule has 0 saturated heterocycles. The first-order valence-electron chi connectivity index (χ1n) is 7.54. The van der Waals surface area contributed by atoms with Crippen LogP contribution in [0.3, 0.4) is 0 Å². The first kappa shape index (κ1) is 18.9. The Morgan fingerprint density at radius 2 is 2.12 bits per heavy atom. The molecule has 134 valence electrons. The maximum atomic E-state index is 13.9. The molecule has 3 N–H and O–H groups in total. The minimum absolute atomic E-state index is 0.119. The van der Waals surface area contributed by atoms with Gasteiger partial charge in [0, 0.05) is 24.7 Å². The van der Waals surface area contributed by atoms with Gasteiger partial charge in [-0.1, -0.05) is 0 Å². The second-order valence-corrected chi connectivity index (χ2v) is 6.59. The molecule has 1 aromatic heterocycles. The van der Waals surface area contributed by atoms with Crippen LogP contribution in [0.1, 0.15) is 28.6 Å². The van der Waals surface area contributed by atoms with Crippen LogP contribution < -0.4 is 11.1 Å². The van der Waals surface area contributed by atoms with Gasteiger partial charge in [0.1, 0.15) is 5.82 Å². The molecule has 0 spiro atoms. The summed E-state index contributed by atoms with van der Waals surface area (Å²) in [6.45, 7) is 2.31. The maximum absolute atomic E-state index is 13.9. The van der Waals surface area contributed by atoms with Crippen LogP contribution in [0, 0.1) is 10.9 Å². The highest BCUT2D eigenvalue weighted by Crippen LogP contribution is 2.34. The molecule has 0 radical (unpaired) electrons. The zero-order valence-electron chi connectivity index (χ0n) is 13.9. The van der Waals surface area contributed by atoms with E-state index in [2.05, 4.69) is 10.3 Å². The van der Waals surface area contributed by atoms with Crippen molar-refractivity contribution in [2.75, 3.05) is 19.0 Å².